The van der Waals surface area contributed by atoms with E-state index in [9.17, 15) is 8.42 Å². The summed E-state index contributed by atoms with van der Waals surface area (Å²) >= 11 is 0. The Kier molecular flexibility index (Phi) is 3.26. The first-order valence-electron chi connectivity index (χ1n) is 6.15. The van der Waals surface area contributed by atoms with Crippen molar-refractivity contribution in [3.63, 3.8) is 0 Å². The van der Waals surface area contributed by atoms with Crippen LogP contribution in [-0.2, 0) is 10.0 Å². The average molecular weight is 285 g/mol. The molecule has 1 aliphatic heterocycles. The highest BCUT2D eigenvalue weighted by molar-refractivity contribution is 7.89. The Morgan fingerprint density at radius 1 is 1.21 bits per heavy atom. The number of benzene rings is 1. The van der Waals surface area contributed by atoms with Crippen molar-refractivity contribution in [2.75, 3.05) is 14.1 Å². The summed E-state index contributed by atoms with van der Waals surface area (Å²) in [6.45, 7) is 5.54. The van der Waals surface area contributed by atoms with Gasteiger partial charge in [-0.25, -0.2) is 12.7 Å². The number of aryl methyl sites for hydroxylation is 1. The Labute approximate surface area is 114 Å². The zero-order valence-electron chi connectivity index (χ0n) is 11.9. The molecule has 0 N–H and O–H groups in total. The Balaban J connectivity index is 2.52. The predicted octanol–water partition coefficient (Wildman–Crippen LogP) is 2.14. The molecule has 19 heavy (non-hydrogen) atoms. The van der Waals surface area contributed by atoms with E-state index in [2.05, 4.69) is 0 Å². The van der Waals surface area contributed by atoms with Gasteiger partial charge in [-0.05, 0) is 18.6 Å². The van der Waals surface area contributed by atoms with Crippen molar-refractivity contribution in [3.8, 4) is 11.5 Å². The van der Waals surface area contributed by atoms with Gasteiger partial charge in [0.15, 0.2) is 11.5 Å². The highest BCUT2D eigenvalue weighted by atomic mass is 32.2. The second kappa shape index (κ2) is 4.38. The zero-order valence-corrected chi connectivity index (χ0v) is 12.7. The van der Waals surface area contributed by atoms with E-state index in [0.29, 0.717) is 23.5 Å². The highest BCUT2D eigenvalue weighted by Crippen LogP contribution is 2.43. The highest BCUT2D eigenvalue weighted by Gasteiger charge is 2.36. The molecule has 106 valence electrons. The van der Waals surface area contributed by atoms with Crippen LogP contribution in [0.5, 0.6) is 11.5 Å². The fourth-order valence-electron chi connectivity index (χ4n) is 1.91. The van der Waals surface area contributed by atoms with E-state index in [0.717, 1.165) is 0 Å². The lowest BCUT2D eigenvalue weighted by atomic mass is 10.2. The molecule has 0 aliphatic carbocycles. The standard InChI is InChI=1S/C13H19NO4S/c1-6-13(3)17-10-7-9(2)12(8-11(10)18-13)19(15,16)14(4)5/h7-8H,6H2,1-5H3. The number of sulfonamides is 1. The summed E-state index contributed by atoms with van der Waals surface area (Å²) in [4.78, 5) is 0.250. The summed E-state index contributed by atoms with van der Waals surface area (Å²) < 4.78 is 37.0. The maximum absolute atomic E-state index is 12.2. The molecule has 1 heterocycles. The van der Waals surface area contributed by atoms with Gasteiger partial charge in [0.25, 0.3) is 0 Å². The monoisotopic (exact) mass is 285 g/mol. The number of rotatable bonds is 3. The first-order valence-corrected chi connectivity index (χ1v) is 7.59. The van der Waals surface area contributed by atoms with Crippen molar-refractivity contribution >= 4 is 10.0 Å². The second-order valence-electron chi connectivity index (χ2n) is 5.04. The van der Waals surface area contributed by atoms with E-state index >= 15 is 0 Å². The summed E-state index contributed by atoms with van der Waals surface area (Å²) in [5.41, 5.74) is 0.649. The predicted molar refractivity (Wildman–Crippen MR) is 72.0 cm³/mol. The maximum atomic E-state index is 12.2. The molecular formula is C13H19NO4S. The first-order chi connectivity index (χ1) is 8.69. The van der Waals surface area contributed by atoms with Crippen LogP contribution in [0, 0.1) is 6.92 Å². The molecule has 0 saturated carbocycles. The molecule has 0 aromatic heterocycles. The summed E-state index contributed by atoms with van der Waals surface area (Å²) in [5, 5.41) is 0. The lowest BCUT2D eigenvalue weighted by Gasteiger charge is -2.20. The minimum atomic E-state index is -3.48. The van der Waals surface area contributed by atoms with E-state index in [-0.39, 0.29) is 4.90 Å². The summed E-state index contributed by atoms with van der Waals surface area (Å²) in [6.07, 6.45) is 0.677. The van der Waals surface area contributed by atoms with Gasteiger partial charge in [0.1, 0.15) is 0 Å². The Bertz CT molecular complexity index is 609. The Morgan fingerprint density at radius 3 is 2.21 bits per heavy atom. The largest absolute Gasteiger partial charge is 0.449 e. The van der Waals surface area contributed by atoms with Crippen LogP contribution in [0.25, 0.3) is 0 Å². The molecule has 6 heteroatoms. The molecule has 1 aromatic rings. The number of fused-ring (bicyclic) bond motifs is 1. The van der Waals surface area contributed by atoms with E-state index < -0.39 is 15.8 Å². The van der Waals surface area contributed by atoms with Crippen LogP contribution >= 0.6 is 0 Å². The molecule has 1 aliphatic rings. The van der Waals surface area contributed by atoms with E-state index in [1.807, 2.05) is 13.8 Å². The molecule has 0 amide bonds. The fourth-order valence-corrected chi connectivity index (χ4v) is 3.02. The summed E-state index contributed by atoms with van der Waals surface area (Å²) in [5.74, 6) is 0.366. The van der Waals surface area contributed by atoms with Crippen LogP contribution in [0.4, 0.5) is 0 Å². The van der Waals surface area contributed by atoms with Crippen LogP contribution in [0.1, 0.15) is 25.8 Å². The topological polar surface area (TPSA) is 55.8 Å². The van der Waals surface area contributed by atoms with Crippen LogP contribution in [-0.4, -0.2) is 32.6 Å². The lowest BCUT2D eigenvalue weighted by molar-refractivity contribution is -0.0640. The van der Waals surface area contributed by atoms with E-state index in [1.54, 1.807) is 19.1 Å². The van der Waals surface area contributed by atoms with Gasteiger partial charge >= 0.3 is 0 Å². The van der Waals surface area contributed by atoms with Gasteiger partial charge in [-0.15, -0.1) is 0 Å². The van der Waals surface area contributed by atoms with Crippen molar-refractivity contribution in [2.24, 2.45) is 0 Å². The Hall–Kier alpha value is -1.27. The third-order valence-corrected chi connectivity index (χ3v) is 5.25. The van der Waals surface area contributed by atoms with Crippen molar-refractivity contribution in [1.82, 2.24) is 4.31 Å². The number of hydrogen-bond acceptors (Lipinski definition) is 4. The molecule has 1 atom stereocenters. The lowest BCUT2D eigenvalue weighted by Crippen LogP contribution is -2.33. The Morgan fingerprint density at radius 2 is 1.74 bits per heavy atom. The third-order valence-electron chi connectivity index (χ3n) is 3.29. The second-order valence-corrected chi connectivity index (χ2v) is 7.16. The van der Waals surface area contributed by atoms with Gasteiger partial charge in [0, 0.05) is 33.5 Å². The average Bonchev–Trinajstić information content (AvgIpc) is 2.64. The van der Waals surface area contributed by atoms with Crippen LogP contribution in [0.2, 0.25) is 0 Å². The number of hydrogen-bond donors (Lipinski definition) is 0. The van der Waals surface area contributed by atoms with Gasteiger partial charge < -0.3 is 9.47 Å². The fraction of sp³-hybridized carbons (Fsp3) is 0.538. The van der Waals surface area contributed by atoms with Crippen LogP contribution in [0.15, 0.2) is 17.0 Å². The molecule has 0 saturated heterocycles. The summed E-state index contributed by atoms with van der Waals surface area (Å²) in [7, 11) is -0.456. The minimum absolute atomic E-state index is 0.250. The molecular weight excluding hydrogens is 266 g/mol. The summed E-state index contributed by atoms with van der Waals surface area (Å²) in [6, 6.07) is 3.26. The van der Waals surface area contributed by atoms with Gasteiger partial charge in [0.05, 0.1) is 4.90 Å². The number of nitrogens with zero attached hydrogens (tertiary/aromatic N) is 1. The van der Waals surface area contributed by atoms with Crippen LogP contribution in [0.3, 0.4) is 0 Å². The van der Waals surface area contributed by atoms with Crippen molar-refractivity contribution < 1.29 is 17.9 Å². The van der Waals surface area contributed by atoms with Gasteiger partial charge in [0.2, 0.25) is 15.8 Å². The molecule has 1 unspecified atom stereocenters. The molecule has 0 spiro atoms. The van der Waals surface area contributed by atoms with Crippen LogP contribution < -0.4 is 9.47 Å². The first kappa shape index (κ1) is 14.1. The number of ether oxygens (including phenoxy) is 2. The van der Waals surface area contributed by atoms with E-state index in [1.165, 1.54) is 18.4 Å². The molecule has 2 rings (SSSR count). The third kappa shape index (κ3) is 2.30. The molecule has 1 aromatic carbocycles. The molecule has 5 nitrogen and oxygen atoms in total. The van der Waals surface area contributed by atoms with E-state index in [4.69, 9.17) is 9.47 Å². The van der Waals surface area contributed by atoms with Gasteiger partial charge in [-0.2, -0.15) is 0 Å². The SMILES string of the molecule is CCC1(C)Oc2cc(C)c(S(=O)(=O)N(C)C)cc2O1. The quantitative estimate of drug-likeness (QED) is 0.854. The minimum Gasteiger partial charge on any atom is -0.449 e. The molecule has 0 radical (unpaired) electrons. The van der Waals surface area contributed by atoms with Crippen molar-refractivity contribution in [1.29, 1.82) is 0 Å². The molecule has 0 fully saturated rings. The van der Waals surface area contributed by atoms with Gasteiger partial charge in [-0.1, -0.05) is 6.92 Å². The maximum Gasteiger partial charge on any atom is 0.248 e. The van der Waals surface area contributed by atoms with Crippen molar-refractivity contribution in [2.45, 2.75) is 37.9 Å². The zero-order chi connectivity index (χ0) is 14.4. The normalized spacial score (nSPS) is 22.0. The van der Waals surface area contributed by atoms with Crippen molar-refractivity contribution in [3.05, 3.63) is 17.7 Å². The molecule has 0 bridgehead atoms. The smallest absolute Gasteiger partial charge is 0.248 e. The van der Waals surface area contributed by atoms with Gasteiger partial charge in [-0.3, -0.25) is 0 Å².